The van der Waals surface area contributed by atoms with Crippen molar-refractivity contribution >= 4 is 5.91 Å². The van der Waals surface area contributed by atoms with Crippen LogP contribution in [0.3, 0.4) is 0 Å². The van der Waals surface area contributed by atoms with E-state index in [1.54, 1.807) is 0 Å². The molecular formula is C10H20N2O. The predicted molar refractivity (Wildman–Crippen MR) is 53.3 cm³/mol. The molecule has 0 bridgehead atoms. The maximum absolute atomic E-state index is 11.1. The molecule has 0 spiro atoms. The van der Waals surface area contributed by atoms with Crippen molar-refractivity contribution in [3.05, 3.63) is 0 Å². The van der Waals surface area contributed by atoms with Crippen molar-refractivity contribution in [3.63, 3.8) is 0 Å². The first-order chi connectivity index (χ1) is 6.22. The van der Waals surface area contributed by atoms with Gasteiger partial charge in [0, 0.05) is 13.0 Å². The molecule has 3 nitrogen and oxygen atoms in total. The van der Waals surface area contributed by atoms with Gasteiger partial charge in [-0.2, -0.15) is 0 Å². The summed E-state index contributed by atoms with van der Waals surface area (Å²) in [5, 5.41) is 2.95. The molecule has 1 aliphatic carbocycles. The van der Waals surface area contributed by atoms with Crippen molar-refractivity contribution in [2.75, 3.05) is 13.1 Å². The molecule has 0 radical (unpaired) electrons. The molecule has 0 unspecified atom stereocenters. The van der Waals surface area contributed by atoms with E-state index in [9.17, 15) is 4.79 Å². The molecule has 0 atom stereocenters. The van der Waals surface area contributed by atoms with Gasteiger partial charge in [-0.05, 0) is 24.8 Å². The number of hydrogen-bond acceptors (Lipinski definition) is 2. The summed E-state index contributed by atoms with van der Waals surface area (Å²) in [7, 11) is 0. The zero-order valence-electron chi connectivity index (χ0n) is 8.44. The molecule has 0 aromatic heterocycles. The lowest BCUT2D eigenvalue weighted by Gasteiger charge is -2.27. The molecule has 1 fully saturated rings. The van der Waals surface area contributed by atoms with Crippen LogP contribution in [0.1, 0.15) is 39.0 Å². The summed E-state index contributed by atoms with van der Waals surface area (Å²) in [5.41, 5.74) is 5.96. The lowest BCUT2D eigenvalue weighted by molar-refractivity contribution is -0.121. The van der Waals surface area contributed by atoms with Gasteiger partial charge in [-0.3, -0.25) is 4.79 Å². The molecule has 1 rings (SSSR count). The lowest BCUT2D eigenvalue weighted by Crippen LogP contribution is -2.40. The minimum atomic E-state index is 0.139. The van der Waals surface area contributed by atoms with E-state index < -0.39 is 0 Å². The number of amides is 1. The molecule has 1 saturated carbocycles. The maximum atomic E-state index is 11.1. The summed E-state index contributed by atoms with van der Waals surface area (Å²) >= 11 is 0. The Kier molecular flexibility index (Phi) is 3.72. The second-order valence-corrected chi connectivity index (χ2v) is 4.04. The summed E-state index contributed by atoms with van der Waals surface area (Å²) in [6, 6.07) is 0. The van der Waals surface area contributed by atoms with Crippen LogP contribution < -0.4 is 11.1 Å². The van der Waals surface area contributed by atoms with Crippen molar-refractivity contribution < 1.29 is 4.79 Å². The molecular weight excluding hydrogens is 164 g/mol. The van der Waals surface area contributed by atoms with Crippen LogP contribution in [0.2, 0.25) is 0 Å². The number of nitrogens with two attached hydrogens (primary N) is 1. The highest BCUT2D eigenvalue weighted by molar-refractivity contribution is 5.75. The first-order valence-corrected chi connectivity index (χ1v) is 5.19. The third-order valence-corrected chi connectivity index (χ3v) is 3.08. The molecule has 0 aromatic carbocycles. The minimum Gasteiger partial charge on any atom is -0.356 e. The Morgan fingerprint density at radius 1 is 1.46 bits per heavy atom. The quantitative estimate of drug-likeness (QED) is 0.685. The molecule has 1 aliphatic rings. The van der Waals surface area contributed by atoms with Gasteiger partial charge in [-0.15, -0.1) is 0 Å². The topological polar surface area (TPSA) is 55.1 Å². The molecule has 3 heteroatoms. The summed E-state index contributed by atoms with van der Waals surface area (Å²) in [5.74, 6) is 0.139. The standard InChI is InChI=1S/C10H20N2O/c1-2-9(13)12-8-10(7-11)5-3-4-6-10/h2-8,11H2,1H3,(H,12,13). The van der Waals surface area contributed by atoms with Gasteiger partial charge in [-0.1, -0.05) is 19.8 Å². The van der Waals surface area contributed by atoms with Crippen molar-refractivity contribution in [3.8, 4) is 0 Å². The fourth-order valence-electron chi connectivity index (χ4n) is 1.99. The Morgan fingerprint density at radius 2 is 2.08 bits per heavy atom. The van der Waals surface area contributed by atoms with E-state index in [1.807, 2.05) is 6.92 Å². The molecule has 0 aromatic rings. The lowest BCUT2D eigenvalue weighted by atomic mass is 9.86. The second kappa shape index (κ2) is 4.61. The third kappa shape index (κ3) is 2.69. The molecule has 0 heterocycles. The Balaban J connectivity index is 2.35. The molecule has 0 aliphatic heterocycles. The van der Waals surface area contributed by atoms with Crippen LogP contribution in [0, 0.1) is 5.41 Å². The average molecular weight is 184 g/mol. The number of rotatable bonds is 4. The van der Waals surface area contributed by atoms with E-state index in [0.717, 1.165) is 6.54 Å². The van der Waals surface area contributed by atoms with Crippen LogP contribution in [0.4, 0.5) is 0 Å². The first-order valence-electron chi connectivity index (χ1n) is 5.19. The number of carbonyl (C=O) groups is 1. The van der Waals surface area contributed by atoms with E-state index in [2.05, 4.69) is 5.32 Å². The number of hydrogen-bond donors (Lipinski definition) is 2. The highest BCUT2D eigenvalue weighted by Gasteiger charge is 2.32. The highest BCUT2D eigenvalue weighted by Crippen LogP contribution is 2.36. The largest absolute Gasteiger partial charge is 0.356 e. The van der Waals surface area contributed by atoms with Crippen molar-refractivity contribution in [1.29, 1.82) is 0 Å². The van der Waals surface area contributed by atoms with Crippen molar-refractivity contribution in [1.82, 2.24) is 5.32 Å². The molecule has 1 amide bonds. The summed E-state index contributed by atoms with van der Waals surface area (Å²) < 4.78 is 0. The minimum absolute atomic E-state index is 0.139. The fraction of sp³-hybridized carbons (Fsp3) is 0.900. The van der Waals surface area contributed by atoms with Gasteiger partial charge in [-0.25, -0.2) is 0 Å². The van der Waals surface area contributed by atoms with E-state index in [1.165, 1.54) is 25.7 Å². The Morgan fingerprint density at radius 3 is 2.54 bits per heavy atom. The highest BCUT2D eigenvalue weighted by atomic mass is 16.1. The van der Waals surface area contributed by atoms with Gasteiger partial charge >= 0.3 is 0 Å². The van der Waals surface area contributed by atoms with E-state index in [-0.39, 0.29) is 11.3 Å². The number of carbonyl (C=O) groups excluding carboxylic acids is 1. The van der Waals surface area contributed by atoms with Gasteiger partial charge in [0.2, 0.25) is 5.91 Å². The van der Waals surface area contributed by atoms with Crippen LogP contribution in [0.15, 0.2) is 0 Å². The Bertz CT molecular complexity index is 174. The van der Waals surface area contributed by atoms with Crippen molar-refractivity contribution in [2.45, 2.75) is 39.0 Å². The van der Waals surface area contributed by atoms with Gasteiger partial charge in [0.25, 0.3) is 0 Å². The normalized spacial score (nSPS) is 20.2. The second-order valence-electron chi connectivity index (χ2n) is 4.04. The fourth-order valence-corrected chi connectivity index (χ4v) is 1.99. The van der Waals surface area contributed by atoms with E-state index in [4.69, 9.17) is 5.73 Å². The third-order valence-electron chi connectivity index (χ3n) is 3.08. The van der Waals surface area contributed by atoms with Gasteiger partial charge < -0.3 is 11.1 Å². The number of nitrogens with one attached hydrogen (secondary N) is 1. The van der Waals surface area contributed by atoms with Crippen LogP contribution in [0.5, 0.6) is 0 Å². The molecule has 13 heavy (non-hydrogen) atoms. The van der Waals surface area contributed by atoms with Gasteiger partial charge in [0.15, 0.2) is 0 Å². The van der Waals surface area contributed by atoms with Crippen molar-refractivity contribution in [2.24, 2.45) is 11.1 Å². The summed E-state index contributed by atoms with van der Waals surface area (Å²) in [6.07, 6.45) is 5.44. The summed E-state index contributed by atoms with van der Waals surface area (Å²) in [6.45, 7) is 3.35. The van der Waals surface area contributed by atoms with Crippen LogP contribution in [-0.4, -0.2) is 19.0 Å². The van der Waals surface area contributed by atoms with Crippen LogP contribution in [0.25, 0.3) is 0 Å². The van der Waals surface area contributed by atoms with Crippen LogP contribution in [-0.2, 0) is 4.79 Å². The molecule has 3 N–H and O–H groups in total. The SMILES string of the molecule is CCC(=O)NCC1(CN)CCCC1. The first kappa shape index (κ1) is 10.5. The molecule has 0 saturated heterocycles. The summed E-state index contributed by atoms with van der Waals surface area (Å²) in [4.78, 5) is 11.1. The average Bonchev–Trinajstić information content (AvgIpc) is 2.63. The van der Waals surface area contributed by atoms with E-state index in [0.29, 0.717) is 13.0 Å². The zero-order chi connectivity index (χ0) is 9.73. The Hall–Kier alpha value is -0.570. The van der Waals surface area contributed by atoms with Gasteiger partial charge in [0.05, 0.1) is 0 Å². The van der Waals surface area contributed by atoms with Crippen LogP contribution >= 0.6 is 0 Å². The van der Waals surface area contributed by atoms with Gasteiger partial charge in [0.1, 0.15) is 0 Å². The smallest absolute Gasteiger partial charge is 0.219 e. The Labute approximate surface area is 80.1 Å². The monoisotopic (exact) mass is 184 g/mol. The predicted octanol–water partition coefficient (Wildman–Crippen LogP) is 1.03. The zero-order valence-corrected chi connectivity index (χ0v) is 8.44. The molecule has 76 valence electrons. The van der Waals surface area contributed by atoms with E-state index >= 15 is 0 Å². The maximum Gasteiger partial charge on any atom is 0.219 e.